The number of hydrogen-bond acceptors (Lipinski definition) is 2. The third kappa shape index (κ3) is 1.26. The van der Waals surface area contributed by atoms with E-state index in [2.05, 4.69) is 23.6 Å². The number of fused-ring (bicyclic) bond motifs is 3. The zero-order chi connectivity index (χ0) is 10.4. The van der Waals surface area contributed by atoms with Crippen molar-refractivity contribution in [3.63, 3.8) is 0 Å². The average molecular weight is 220 g/mol. The van der Waals surface area contributed by atoms with Gasteiger partial charge in [0.2, 0.25) is 0 Å². The Hall–Kier alpha value is -0.830. The summed E-state index contributed by atoms with van der Waals surface area (Å²) >= 11 is 1.77. The van der Waals surface area contributed by atoms with E-state index in [1.807, 2.05) is 0 Å². The molecular formula is C12H16N2S. The van der Waals surface area contributed by atoms with E-state index in [4.69, 9.17) is 4.98 Å². The quantitative estimate of drug-likeness (QED) is 0.718. The lowest BCUT2D eigenvalue weighted by Crippen LogP contribution is -2.10. The second-order valence-corrected chi connectivity index (χ2v) is 5.27. The second kappa shape index (κ2) is 3.34. The van der Waals surface area contributed by atoms with Crippen LogP contribution in [0.4, 0.5) is 0 Å². The summed E-state index contributed by atoms with van der Waals surface area (Å²) in [5.74, 6) is 0.709. The van der Waals surface area contributed by atoms with Crippen LogP contribution in [0.15, 0.2) is 5.38 Å². The highest BCUT2D eigenvalue weighted by Gasteiger charge is 2.24. The van der Waals surface area contributed by atoms with Gasteiger partial charge in [-0.3, -0.25) is 4.40 Å². The molecule has 2 aromatic heterocycles. The third-order valence-corrected chi connectivity index (χ3v) is 4.45. The van der Waals surface area contributed by atoms with Gasteiger partial charge in [-0.25, -0.2) is 4.98 Å². The SMILES string of the molecule is CCC1CCCc2c1nc1scc(C)n21. The van der Waals surface area contributed by atoms with E-state index >= 15 is 0 Å². The summed E-state index contributed by atoms with van der Waals surface area (Å²) in [7, 11) is 0. The molecule has 0 aliphatic heterocycles. The van der Waals surface area contributed by atoms with Crippen molar-refractivity contribution in [3.8, 4) is 0 Å². The fourth-order valence-electron chi connectivity index (χ4n) is 2.70. The summed E-state index contributed by atoms with van der Waals surface area (Å²) in [6, 6.07) is 0. The summed E-state index contributed by atoms with van der Waals surface area (Å²) in [5, 5.41) is 2.21. The summed E-state index contributed by atoms with van der Waals surface area (Å²) in [6.07, 6.45) is 5.10. The van der Waals surface area contributed by atoms with Gasteiger partial charge in [0, 0.05) is 22.7 Å². The van der Waals surface area contributed by atoms with Crippen LogP contribution in [0, 0.1) is 6.92 Å². The lowest BCUT2D eigenvalue weighted by atomic mass is 9.88. The molecule has 3 rings (SSSR count). The van der Waals surface area contributed by atoms with E-state index in [9.17, 15) is 0 Å². The Kier molecular flexibility index (Phi) is 2.09. The Bertz CT molecular complexity index is 495. The lowest BCUT2D eigenvalue weighted by molar-refractivity contribution is 0.523. The van der Waals surface area contributed by atoms with E-state index in [1.165, 1.54) is 47.7 Å². The molecule has 2 aromatic rings. The van der Waals surface area contributed by atoms with Gasteiger partial charge in [0.1, 0.15) is 0 Å². The smallest absolute Gasteiger partial charge is 0.194 e. The highest BCUT2D eigenvalue weighted by atomic mass is 32.1. The topological polar surface area (TPSA) is 17.3 Å². The number of aromatic nitrogens is 2. The van der Waals surface area contributed by atoms with Crippen LogP contribution >= 0.6 is 11.3 Å². The molecule has 15 heavy (non-hydrogen) atoms. The zero-order valence-electron chi connectivity index (χ0n) is 9.29. The molecule has 0 aromatic carbocycles. The molecule has 2 nitrogen and oxygen atoms in total. The zero-order valence-corrected chi connectivity index (χ0v) is 10.1. The summed E-state index contributed by atoms with van der Waals surface area (Å²) < 4.78 is 2.36. The van der Waals surface area contributed by atoms with Crippen molar-refractivity contribution in [3.05, 3.63) is 22.5 Å². The van der Waals surface area contributed by atoms with E-state index in [-0.39, 0.29) is 0 Å². The molecule has 1 aliphatic carbocycles. The van der Waals surface area contributed by atoms with Crippen molar-refractivity contribution in [1.82, 2.24) is 9.38 Å². The Balaban J connectivity index is 2.25. The van der Waals surface area contributed by atoms with Gasteiger partial charge in [-0.05, 0) is 32.6 Å². The molecule has 0 spiro atoms. The van der Waals surface area contributed by atoms with Crippen LogP contribution in [0.3, 0.4) is 0 Å². The van der Waals surface area contributed by atoms with Crippen molar-refractivity contribution in [2.75, 3.05) is 0 Å². The first kappa shape index (κ1) is 9.40. The monoisotopic (exact) mass is 220 g/mol. The van der Waals surface area contributed by atoms with Crippen LogP contribution in [0.2, 0.25) is 0 Å². The predicted octanol–water partition coefficient (Wildman–Crippen LogP) is 3.53. The fraction of sp³-hybridized carbons (Fsp3) is 0.583. The maximum atomic E-state index is 4.81. The van der Waals surface area contributed by atoms with E-state index in [0.717, 1.165) is 0 Å². The Labute approximate surface area is 94.0 Å². The van der Waals surface area contributed by atoms with Crippen molar-refractivity contribution < 1.29 is 0 Å². The standard InChI is InChI=1S/C12H16N2S/c1-3-9-5-4-6-10-11(9)13-12-14(10)8(2)7-15-12/h7,9H,3-6H2,1-2H3. The van der Waals surface area contributed by atoms with E-state index < -0.39 is 0 Å². The predicted molar refractivity (Wildman–Crippen MR) is 63.8 cm³/mol. The maximum Gasteiger partial charge on any atom is 0.194 e. The minimum absolute atomic E-state index is 0.709. The van der Waals surface area contributed by atoms with E-state index in [1.54, 1.807) is 11.3 Å². The van der Waals surface area contributed by atoms with Crippen LogP contribution < -0.4 is 0 Å². The van der Waals surface area contributed by atoms with Crippen LogP contribution in [-0.2, 0) is 6.42 Å². The molecule has 3 heteroatoms. The molecule has 2 heterocycles. The molecule has 0 fully saturated rings. The van der Waals surface area contributed by atoms with Crippen molar-refractivity contribution in [1.29, 1.82) is 0 Å². The van der Waals surface area contributed by atoms with Crippen molar-refractivity contribution in [2.24, 2.45) is 0 Å². The molecule has 80 valence electrons. The summed E-state index contributed by atoms with van der Waals surface area (Å²) in [4.78, 5) is 6.00. The van der Waals surface area contributed by atoms with Gasteiger partial charge in [0.15, 0.2) is 4.96 Å². The molecular weight excluding hydrogens is 204 g/mol. The summed E-state index contributed by atoms with van der Waals surface area (Å²) in [6.45, 7) is 4.46. The number of nitrogens with zero attached hydrogens (tertiary/aromatic N) is 2. The van der Waals surface area contributed by atoms with Crippen LogP contribution in [0.5, 0.6) is 0 Å². The molecule has 1 unspecified atom stereocenters. The largest absolute Gasteiger partial charge is 0.292 e. The Morgan fingerprint density at radius 3 is 3.27 bits per heavy atom. The maximum absolute atomic E-state index is 4.81. The molecule has 1 atom stereocenters. The molecule has 0 N–H and O–H groups in total. The van der Waals surface area contributed by atoms with Gasteiger partial charge in [0.05, 0.1) is 5.69 Å². The fourth-order valence-corrected chi connectivity index (χ4v) is 3.59. The number of thiazole rings is 1. The van der Waals surface area contributed by atoms with Gasteiger partial charge in [-0.2, -0.15) is 0 Å². The van der Waals surface area contributed by atoms with Gasteiger partial charge in [-0.15, -0.1) is 11.3 Å². The molecule has 0 saturated carbocycles. The second-order valence-electron chi connectivity index (χ2n) is 4.44. The lowest BCUT2D eigenvalue weighted by Gasteiger charge is -2.20. The number of rotatable bonds is 1. The van der Waals surface area contributed by atoms with Crippen LogP contribution in [0.1, 0.15) is 49.2 Å². The molecule has 0 amide bonds. The third-order valence-electron chi connectivity index (χ3n) is 3.51. The van der Waals surface area contributed by atoms with Crippen molar-refractivity contribution in [2.45, 2.75) is 45.4 Å². The summed E-state index contributed by atoms with van der Waals surface area (Å²) in [5.41, 5.74) is 4.22. The first-order valence-electron chi connectivity index (χ1n) is 5.76. The van der Waals surface area contributed by atoms with E-state index in [0.29, 0.717) is 5.92 Å². The molecule has 1 aliphatic rings. The normalized spacial score (nSPS) is 20.8. The molecule has 0 bridgehead atoms. The van der Waals surface area contributed by atoms with Crippen molar-refractivity contribution >= 4 is 16.3 Å². The Morgan fingerprint density at radius 2 is 2.47 bits per heavy atom. The number of aryl methyl sites for hydroxylation is 2. The van der Waals surface area contributed by atoms with Crippen LogP contribution in [-0.4, -0.2) is 9.38 Å². The average Bonchev–Trinajstić information content (AvgIpc) is 2.78. The molecule has 0 radical (unpaired) electrons. The number of hydrogen-bond donors (Lipinski definition) is 0. The highest BCUT2D eigenvalue weighted by Crippen LogP contribution is 2.35. The number of imidazole rings is 1. The first-order chi connectivity index (χ1) is 7.31. The molecule has 0 saturated heterocycles. The van der Waals surface area contributed by atoms with Gasteiger partial charge in [-0.1, -0.05) is 6.92 Å². The van der Waals surface area contributed by atoms with Gasteiger partial charge < -0.3 is 0 Å². The highest BCUT2D eigenvalue weighted by molar-refractivity contribution is 7.15. The minimum Gasteiger partial charge on any atom is -0.292 e. The van der Waals surface area contributed by atoms with Gasteiger partial charge >= 0.3 is 0 Å². The first-order valence-corrected chi connectivity index (χ1v) is 6.64. The van der Waals surface area contributed by atoms with Crippen LogP contribution in [0.25, 0.3) is 4.96 Å². The Morgan fingerprint density at radius 1 is 1.60 bits per heavy atom. The van der Waals surface area contributed by atoms with Gasteiger partial charge in [0.25, 0.3) is 0 Å². The minimum atomic E-state index is 0.709.